The molecule has 3 aromatic rings. The molecule has 10 N–H and O–H groups in total. The Balaban J connectivity index is 1.09. The minimum atomic E-state index is -1.74. The van der Waals surface area contributed by atoms with Crippen molar-refractivity contribution in [3.63, 3.8) is 0 Å². The Morgan fingerprint density at radius 3 is 1.19 bits per heavy atom. The fourth-order valence-corrected chi connectivity index (χ4v) is 8.91. The third kappa shape index (κ3) is 9.74. The first-order chi connectivity index (χ1) is 32.7. The van der Waals surface area contributed by atoms with Crippen LogP contribution in [0, 0.1) is 11.8 Å². The molecule has 23 heteroatoms. The predicted octanol–water partition coefficient (Wildman–Crippen LogP) is -1.36. The molecular weight excluding hydrogens is 908 g/mol. The molecule has 4 aliphatic rings. The van der Waals surface area contributed by atoms with Crippen LogP contribution in [0.1, 0.15) is 35.0 Å². The molecule has 0 aliphatic carbocycles. The van der Waals surface area contributed by atoms with Gasteiger partial charge >= 0.3 is 0 Å². The van der Waals surface area contributed by atoms with Crippen molar-refractivity contribution in [2.45, 2.75) is 85.8 Å². The zero-order valence-electron chi connectivity index (χ0n) is 38.0. The molecule has 0 spiro atoms. The fraction of sp³-hybridized carbons (Fsp3) is 0.600. The third-order valence-corrected chi connectivity index (χ3v) is 12.7. The maximum Gasteiger partial charge on any atom is 0.229 e. The molecule has 16 atom stereocenters. The molecule has 0 aromatic heterocycles. The number of benzene rings is 3. The van der Waals surface area contributed by atoms with Crippen molar-refractivity contribution < 1.29 is 113 Å². The highest BCUT2D eigenvalue weighted by Crippen LogP contribution is 2.54. The molecule has 0 radical (unpaired) electrons. The lowest BCUT2D eigenvalue weighted by molar-refractivity contribution is -0.277. The van der Waals surface area contributed by atoms with Gasteiger partial charge in [-0.05, 0) is 53.1 Å². The largest absolute Gasteiger partial charge is 0.493 e. The lowest BCUT2D eigenvalue weighted by atomic mass is 9.84. The van der Waals surface area contributed by atoms with E-state index < -0.39 is 106 Å². The van der Waals surface area contributed by atoms with Crippen LogP contribution in [0.4, 0.5) is 0 Å². The van der Waals surface area contributed by atoms with E-state index in [4.69, 9.17) is 61.6 Å². The van der Waals surface area contributed by atoms with E-state index >= 15 is 0 Å². The number of methoxy groups -OCH3 is 6. The van der Waals surface area contributed by atoms with Crippen LogP contribution in [0.3, 0.4) is 0 Å². The number of hydrogen-bond acceptors (Lipinski definition) is 23. The summed E-state index contributed by atoms with van der Waals surface area (Å²) in [6, 6.07) is 9.52. The second-order valence-corrected chi connectivity index (χ2v) is 16.5. The van der Waals surface area contributed by atoms with Gasteiger partial charge in [0.05, 0.1) is 87.9 Å². The Morgan fingerprint density at radius 2 is 0.853 bits per heavy atom. The summed E-state index contributed by atoms with van der Waals surface area (Å²) in [6.45, 7) is -1.45. The van der Waals surface area contributed by atoms with Crippen LogP contribution >= 0.6 is 0 Å². The molecule has 4 aliphatic heterocycles. The Labute approximate surface area is 390 Å². The first-order valence-electron chi connectivity index (χ1n) is 21.6. The lowest BCUT2D eigenvalue weighted by Gasteiger charge is -2.39. The van der Waals surface area contributed by atoms with Crippen LogP contribution in [0.25, 0.3) is 0 Å². The summed E-state index contributed by atoms with van der Waals surface area (Å²) in [7, 11) is 8.25. The van der Waals surface area contributed by atoms with Gasteiger partial charge in [-0.2, -0.15) is 0 Å². The lowest BCUT2D eigenvalue weighted by Crippen LogP contribution is -2.60. The van der Waals surface area contributed by atoms with Gasteiger partial charge in [0.25, 0.3) is 0 Å². The molecule has 0 amide bonds. The van der Waals surface area contributed by atoms with Crippen molar-refractivity contribution in [2.75, 3.05) is 75.7 Å². The van der Waals surface area contributed by atoms with Crippen LogP contribution in [0.2, 0.25) is 0 Å². The van der Waals surface area contributed by atoms with Gasteiger partial charge < -0.3 is 113 Å². The van der Waals surface area contributed by atoms with Gasteiger partial charge in [-0.25, -0.2) is 0 Å². The van der Waals surface area contributed by atoms with Crippen molar-refractivity contribution in [3.8, 4) is 51.7 Å². The normalized spacial score (nSPS) is 32.1. The predicted molar refractivity (Wildman–Crippen MR) is 228 cm³/mol. The average molecular weight is 969 g/mol. The van der Waals surface area contributed by atoms with E-state index in [1.165, 1.54) is 54.8 Å². The van der Waals surface area contributed by atoms with Crippen molar-refractivity contribution in [1.29, 1.82) is 0 Å². The van der Waals surface area contributed by atoms with E-state index in [0.717, 1.165) is 0 Å². The van der Waals surface area contributed by atoms with Crippen LogP contribution in [-0.2, 0) is 18.9 Å². The number of fused-ring (bicyclic) bond motifs is 1. The van der Waals surface area contributed by atoms with Crippen LogP contribution in [0.15, 0.2) is 36.4 Å². The van der Waals surface area contributed by atoms with Gasteiger partial charge in [-0.15, -0.1) is 0 Å². The summed E-state index contributed by atoms with van der Waals surface area (Å²) in [4.78, 5) is 0. The molecule has 23 nitrogen and oxygen atoms in total. The van der Waals surface area contributed by atoms with Gasteiger partial charge in [0.15, 0.2) is 40.6 Å². The van der Waals surface area contributed by atoms with Crippen molar-refractivity contribution in [1.82, 2.24) is 0 Å². The van der Waals surface area contributed by atoms with Gasteiger partial charge in [-0.3, -0.25) is 0 Å². The highest BCUT2D eigenvalue weighted by molar-refractivity contribution is 5.57. The minimum Gasteiger partial charge on any atom is -0.493 e. The van der Waals surface area contributed by atoms with Crippen molar-refractivity contribution in [3.05, 3.63) is 53.1 Å². The molecule has 4 fully saturated rings. The van der Waals surface area contributed by atoms with E-state index in [1.54, 1.807) is 24.3 Å². The second kappa shape index (κ2) is 21.9. The van der Waals surface area contributed by atoms with E-state index in [9.17, 15) is 51.1 Å². The Morgan fingerprint density at radius 1 is 0.500 bits per heavy atom. The quantitative estimate of drug-likeness (QED) is 0.0664. The summed E-state index contributed by atoms with van der Waals surface area (Å²) in [6.07, 6.45) is -19.4. The molecule has 4 saturated heterocycles. The molecule has 0 saturated carbocycles. The van der Waals surface area contributed by atoms with E-state index in [-0.39, 0.29) is 82.4 Å². The van der Waals surface area contributed by atoms with Crippen LogP contribution in [-0.4, -0.2) is 194 Å². The third-order valence-electron chi connectivity index (χ3n) is 12.7. The van der Waals surface area contributed by atoms with Gasteiger partial charge in [0.2, 0.25) is 29.8 Å². The first-order valence-corrected chi connectivity index (χ1v) is 21.6. The zero-order valence-corrected chi connectivity index (χ0v) is 38.0. The first kappa shape index (κ1) is 51.2. The van der Waals surface area contributed by atoms with Crippen molar-refractivity contribution in [2.24, 2.45) is 11.8 Å². The molecule has 4 heterocycles. The highest BCUT2D eigenvalue weighted by atomic mass is 16.7. The summed E-state index contributed by atoms with van der Waals surface area (Å²) in [5.41, 5.74) is 1.46. The Bertz CT molecular complexity index is 2080. The maximum absolute atomic E-state index is 11.7. The number of rotatable bonds is 19. The smallest absolute Gasteiger partial charge is 0.229 e. The number of aliphatic hydroxyl groups is 10. The van der Waals surface area contributed by atoms with Gasteiger partial charge in [0.1, 0.15) is 54.9 Å². The second-order valence-electron chi connectivity index (χ2n) is 16.5. The monoisotopic (exact) mass is 968 g/mol. The van der Waals surface area contributed by atoms with Crippen LogP contribution in [0.5, 0.6) is 51.7 Å². The molecule has 7 rings (SSSR count). The molecule has 3 aromatic carbocycles. The molecular formula is C45H60O23. The Kier molecular flexibility index (Phi) is 16.5. The fourth-order valence-electron chi connectivity index (χ4n) is 8.91. The number of hydrogen-bond donors (Lipinski definition) is 10. The summed E-state index contributed by atoms with van der Waals surface area (Å²) < 4.78 is 75.8. The number of ether oxygens (including phenoxy) is 13. The van der Waals surface area contributed by atoms with E-state index in [2.05, 4.69) is 0 Å². The molecule has 16 unspecified atom stereocenters. The van der Waals surface area contributed by atoms with E-state index in [1.807, 2.05) is 0 Å². The van der Waals surface area contributed by atoms with Crippen LogP contribution < -0.4 is 42.6 Å². The van der Waals surface area contributed by atoms with Gasteiger partial charge in [0, 0.05) is 11.8 Å². The summed E-state index contributed by atoms with van der Waals surface area (Å²) >= 11 is 0. The standard InChI is InChI=1S/C45H60O23/c1-56-23-7-18(8-24(57-2)42(23)67-44-37(54)35(52)33(50)30(14-47)65-44)32(49)29(13-46)64-41-25(58-3)9-19(10-26(41)59-4)39-21-16-63-40(22(21)17-62-39)20-11-27(60-5)43(28(12-20)61-6)68-45-38(55)36(53)34(51)31(15-48)66-45/h7-12,21-22,29-40,44-55H,13-17H2,1-6H3. The maximum atomic E-state index is 11.7. The Hall–Kier alpha value is -4.70. The summed E-state index contributed by atoms with van der Waals surface area (Å²) in [5, 5.41) is 104. The summed E-state index contributed by atoms with van der Waals surface area (Å²) in [5.74, 6) is 0.355. The van der Waals surface area contributed by atoms with Gasteiger partial charge in [-0.1, -0.05) is 0 Å². The molecule has 0 bridgehead atoms. The topological polar surface area (TPSA) is 322 Å². The van der Waals surface area contributed by atoms with Crippen molar-refractivity contribution >= 4 is 0 Å². The molecule has 68 heavy (non-hydrogen) atoms. The highest BCUT2D eigenvalue weighted by Gasteiger charge is 2.50. The number of aliphatic hydroxyl groups excluding tert-OH is 10. The zero-order chi connectivity index (χ0) is 49.1. The molecule has 378 valence electrons. The van der Waals surface area contributed by atoms with E-state index in [0.29, 0.717) is 11.1 Å². The average Bonchev–Trinajstić information content (AvgIpc) is 3.98. The minimum absolute atomic E-state index is 0.0179. The SMILES string of the molecule is COc1cc(C2OCC3C(c4cc(OC)c(OC5OC(CO)C(O)C(O)C5O)c(OC)c4)OCC23)cc(OC)c1OC(CO)C(O)c1cc(OC)c(OC2OC(CO)C(O)C(O)C2O)c(OC)c1.